The van der Waals surface area contributed by atoms with Crippen LogP contribution in [0.1, 0.15) is 49.7 Å². The van der Waals surface area contributed by atoms with Gasteiger partial charge in [0, 0.05) is 11.6 Å². The van der Waals surface area contributed by atoms with E-state index in [2.05, 4.69) is 54.1 Å². The van der Waals surface area contributed by atoms with Gasteiger partial charge in [0.1, 0.15) is 11.6 Å². The molecule has 1 heterocycles. The molecule has 1 aromatic heterocycles. The normalized spacial score (nSPS) is 12.2. The van der Waals surface area contributed by atoms with E-state index >= 15 is 0 Å². The molecule has 0 bridgehead atoms. The summed E-state index contributed by atoms with van der Waals surface area (Å²) in [6.45, 7) is 6.92. The Bertz CT molecular complexity index is 1230. The van der Waals surface area contributed by atoms with Crippen LogP contribution in [0.4, 0.5) is 0 Å². The average Bonchev–Trinajstić information content (AvgIpc) is 3.17. The lowest BCUT2D eigenvalue weighted by Gasteiger charge is -2.17. The summed E-state index contributed by atoms with van der Waals surface area (Å²) in [5.41, 5.74) is 4.45. The second kappa shape index (κ2) is 10.1. The summed E-state index contributed by atoms with van der Waals surface area (Å²) >= 11 is 5.89. The van der Waals surface area contributed by atoms with Gasteiger partial charge in [0.25, 0.3) is 5.91 Å². The lowest BCUT2D eigenvalue weighted by molar-refractivity contribution is -0.123. The number of aromatic nitrogens is 2. The van der Waals surface area contributed by atoms with Gasteiger partial charge in [-0.2, -0.15) is 0 Å². The van der Waals surface area contributed by atoms with Crippen LogP contribution in [-0.4, -0.2) is 22.1 Å². The fraction of sp³-hybridized carbons (Fsp3) is 0.259. The molecular weight excluding hydrogens is 434 g/mol. The van der Waals surface area contributed by atoms with Crippen LogP contribution >= 0.6 is 11.6 Å². The van der Waals surface area contributed by atoms with Crippen LogP contribution in [0.25, 0.3) is 11.0 Å². The molecular formula is C27H28ClN3O2. The van der Waals surface area contributed by atoms with Gasteiger partial charge >= 0.3 is 0 Å². The van der Waals surface area contributed by atoms with Crippen molar-refractivity contribution < 1.29 is 9.53 Å². The van der Waals surface area contributed by atoms with Crippen molar-refractivity contribution >= 4 is 28.5 Å². The molecule has 0 aliphatic carbocycles. The first-order valence-electron chi connectivity index (χ1n) is 11.1. The maximum atomic E-state index is 12.6. The highest BCUT2D eigenvalue weighted by Gasteiger charge is 2.19. The largest absolute Gasteiger partial charge is 0.484 e. The molecule has 5 nitrogen and oxygen atoms in total. The average molecular weight is 462 g/mol. The number of benzene rings is 3. The molecule has 1 amide bonds. The number of ether oxygens (including phenoxy) is 1. The molecule has 170 valence electrons. The van der Waals surface area contributed by atoms with E-state index in [0.29, 0.717) is 23.2 Å². The summed E-state index contributed by atoms with van der Waals surface area (Å²) in [6, 6.07) is 23.4. The minimum atomic E-state index is -0.284. The molecule has 0 radical (unpaired) electrons. The van der Waals surface area contributed by atoms with Gasteiger partial charge in [0.2, 0.25) is 0 Å². The minimum absolute atomic E-state index is 0.0805. The second-order valence-corrected chi connectivity index (χ2v) is 8.91. The number of carbonyl (C=O) groups excluding carboxylic acids is 1. The summed E-state index contributed by atoms with van der Waals surface area (Å²) in [4.78, 5) is 17.4. The molecule has 6 heteroatoms. The molecule has 3 aromatic carbocycles. The molecule has 0 aliphatic rings. The summed E-state index contributed by atoms with van der Waals surface area (Å²) in [5.74, 6) is 1.69. The van der Waals surface area contributed by atoms with Crippen LogP contribution < -0.4 is 10.1 Å². The van der Waals surface area contributed by atoms with Gasteiger partial charge in [-0.15, -0.1) is 0 Å². The Kier molecular flexibility index (Phi) is 6.99. The van der Waals surface area contributed by atoms with Crippen molar-refractivity contribution in [2.45, 2.75) is 39.3 Å². The van der Waals surface area contributed by atoms with Crippen molar-refractivity contribution in [1.82, 2.24) is 14.9 Å². The van der Waals surface area contributed by atoms with Gasteiger partial charge in [0.15, 0.2) is 6.61 Å². The molecule has 1 N–H and O–H groups in total. The predicted octanol–water partition coefficient (Wildman–Crippen LogP) is 6.12. The smallest absolute Gasteiger partial charge is 0.258 e. The third-order valence-corrected chi connectivity index (χ3v) is 5.87. The van der Waals surface area contributed by atoms with Gasteiger partial charge in [-0.3, -0.25) is 4.79 Å². The van der Waals surface area contributed by atoms with Crippen LogP contribution in [0, 0.1) is 0 Å². The van der Waals surface area contributed by atoms with Crippen molar-refractivity contribution in [3.05, 3.63) is 94.8 Å². The zero-order chi connectivity index (χ0) is 23.4. The van der Waals surface area contributed by atoms with E-state index in [4.69, 9.17) is 21.3 Å². The van der Waals surface area contributed by atoms with E-state index in [1.165, 1.54) is 11.1 Å². The second-order valence-electron chi connectivity index (χ2n) is 8.47. The van der Waals surface area contributed by atoms with Gasteiger partial charge in [-0.1, -0.05) is 61.8 Å². The number of rotatable bonds is 8. The maximum absolute atomic E-state index is 12.6. The number of nitrogens with zero attached hydrogens (tertiary/aromatic N) is 2. The molecule has 4 aromatic rings. The Balaban J connectivity index is 1.51. The Morgan fingerprint density at radius 2 is 1.70 bits per heavy atom. The predicted molar refractivity (Wildman–Crippen MR) is 133 cm³/mol. The molecule has 0 spiro atoms. The zero-order valence-electron chi connectivity index (χ0n) is 19.1. The van der Waals surface area contributed by atoms with Crippen molar-refractivity contribution in [3.63, 3.8) is 0 Å². The Morgan fingerprint density at radius 1 is 1.00 bits per heavy atom. The molecule has 0 aliphatic heterocycles. The van der Waals surface area contributed by atoms with Gasteiger partial charge in [-0.25, -0.2) is 4.98 Å². The third-order valence-electron chi connectivity index (χ3n) is 5.62. The van der Waals surface area contributed by atoms with E-state index < -0.39 is 0 Å². The number of fused-ring (bicyclic) bond motifs is 1. The number of amides is 1. The SMILES string of the molecule is CC(C)c1ccc(Cn2c(C(C)NC(=O)COc3ccc(Cl)cc3)nc3ccccc32)cc1. The van der Waals surface area contributed by atoms with Crippen molar-refractivity contribution in [1.29, 1.82) is 0 Å². The van der Waals surface area contributed by atoms with Crippen LogP contribution in [0.5, 0.6) is 5.75 Å². The van der Waals surface area contributed by atoms with Crippen molar-refractivity contribution in [2.75, 3.05) is 6.61 Å². The van der Waals surface area contributed by atoms with Crippen LogP contribution in [0.3, 0.4) is 0 Å². The number of halogens is 1. The first-order chi connectivity index (χ1) is 15.9. The van der Waals surface area contributed by atoms with Gasteiger partial charge in [0.05, 0.1) is 17.1 Å². The fourth-order valence-corrected chi connectivity index (χ4v) is 3.93. The molecule has 0 saturated heterocycles. The molecule has 0 fully saturated rings. The van der Waals surface area contributed by atoms with Crippen LogP contribution in [0.2, 0.25) is 5.02 Å². The van der Waals surface area contributed by atoms with E-state index in [0.717, 1.165) is 16.9 Å². The summed E-state index contributed by atoms with van der Waals surface area (Å²) in [6.07, 6.45) is 0. The van der Waals surface area contributed by atoms with Gasteiger partial charge < -0.3 is 14.6 Å². The molecule has 4 rings (SSSR count). The van der Waals surface area contributed by atoms with Crippen LogP contribution in [0.15, 0.2) is 72.8 Å². The van der Waals surface area contributed by atoms with Crippen LogP contribution in [-0.2, 0) is 11.3 Å². The fourth-order valence-electron chi connectivity index (χ4n) is 3.81. The number of hydrogen-bond donors (Lipinski definition) is 1. The number of hydrogen-bond acceptors (Lipinski definition) is 3. The highest BCUT2D eigenvalue weighted by molar-refractivity contribution is 6.30. The summed E-state index contributed by atoms with van der Waals surface area (Å²) in [7, 11) is 0. The standard InChI is InChI=1S/C27H28ClN3O2/c1-18(2)21-10-8-20(9-11-21)16-31-25-7-5-4-6-24(25)30-27(31)19(3)29-26(32)17-33-23-14-12-22(28)13-15-23/h4-15,18-19H,16-17H2,1-3H3,(H,29,32). The van der Waals surface area contributed by atoms with E-state index in [1.807, 2.05) is 25.1 Å². The topological polar surface area (TPSA) is 56.2 Å². The minimum Gasteiger partial charge on any atom is -0.484 e. The molecule has 1 atom stereocenters. The van der Waals surface area contributed by atoms with Crippen molar-refractivity contribution in [2.24, 2.45) is 0 Å². The maximum Gasteiger partial charge on any atom is 0.258 e. The zero-order valence-corrected chi connectivity index (χ0v) is 19.8. The van der Waals surface area contributed by atoms with E-state index in [-0.39, 0.29) is 18.6 Å². The summed E-state index contributed by atoms with van der Waals surface area (Å²) < 4.78 is 7.75. The highest BCUT2D eigenvalue weighted by Crippen LogP contribution is 2.23. The number of imidazole rings is 1. The molecule has 33 heavy (non-hydrogen) atoms. The first kappa shape index (κ1) is 22.9. The van der Waals surface area contributed by atoms with Gasteiger partial charge in [-0.05, 0) is 60.4 Å². The number of nitrogens with one attached hydrogen (secondary N) is 1. The molecule has 1 unspecified atom stereocenters. The Morgan fingerprint density at radius 3 is 2.39 bits per heavy atom. The first-order valence-corrected chi connectivity index (χ1v) is 11.5. The monoisotopic (exact) mass is 461 g/mol. The third kappa shape index (κ3) is 5.55. The Hall–Kier alpha value is -3.31. The van der Waals surface area contributed by atoms with Crippen molar-refractivity contribution in [3.8, 4) is 5.75 Å². The number of carbonyl (C=O) groups is 1. The summed E-state index contributed by atoms with van der Waals surface area (Å²) in [5, 5.41) is 3.64. The lowest BCUT2D eigenvalue weighted by Crippen LogP contribution is -2.32. The van der Waals surface area contributed by atoms with E-state index in [9.17, 15) is 4.79 Å². The lowest BCUT2D eigenvalue weighted by atomic mass is 10.0. The molecule has 0 saturated carbocycles. The quantitative estimate of drug-likeness (QED) is 0.344. The van der Waals surface area contributed by atoms with E-state index in [1.54, 1.807) is 24.3 Å². The number of para-hydroxylation sites is 2. The highest BCUT2D eigenvalue weighted by atomic mass is 35.5. The Labute approximate surface area is 199 Å².